The fourth-order valence-electron chi connectivity index (χ4n) is 1.66. The SMILES string of the molecule is O=C(CCc1ccco1)NCC1(C(=O)O)CC1. The molecule has 5 nitrogen and oxygen atoms in total. The van der Waals surface area contributed by atoms with Gasteiger partial charge < -0.3 is 14.8 Å². The summed E-state index contributed by atoms with van der Waals surface area (Å²) in [5.41, 5.74) is -0.694. The highest BCUT2D eigenvalue weighted by Crippen LogP contribution is 2.45. The second-order valence-corrected chi connectivity index (χ2v) is 4.44. The summed E-state index contributed by atoms with van der Waals surface area (Å²) in [5, 5.41) is 11.6. The molecule has 1 aromatic heterocycles. The minimum atomic E-state index is -0.816. The molecule has 17 heavy (non-hydrogen) atoms. The average molecular weight is 237 g/mol. The van der Waals surface area contributed by atoms with Gasteiger partial charge in [-0.2, -0.15) is 0 Å². The minimum absolute atomic E-state index is 0.131. The predicted octanol–water partition coefficient (Wildman–Crippen LogP) is 1.19. The van der Waals surface area contributed by atoms with E-state index in [4.69, 9.17) is 9.52 Å². The molecule has 0 spiro atoms. The summed E-state index contributed by atoms with van der Waals surface area (Å²) in [4.78, 5) is 22.4. The van der Waals surface area contributed by atoms with Crippen LogP contribution in [-0.2, 0) is 16.0 Å². The van der Waals surface area contributed by atoms with Crippen LogP contribution in [0.1, 0.15) is 25.0 Å². The van der Waals surface area contributed by atoms with Crippen LogP contribution in [0, 0.1) is 5.41 Å². The first-order chi connectivity index (χ1) is 8.12. The lowest BCUT2D eigenvalue weighted by atomic mass is 10.1. The van der Waals surface area contributed by atoms with Crippen LogP contribution in [0.15, 0.2) is 22.8 Å². The zero-order chi connectivity index (χ0) is 12.3. The maximum Gasteiger partial charge on any atom is 0.311 e. The smallest absolute Gasteiger partial charge is 0.311 e. The van der Waals surface area contributed by atoms with Gasteiger partial charge in [0.25, 0.3) is 0 Å². The van der Waals surface area contributed by atoms with Gasteiger partial charge in [0.1, 0.15) is 5.76 Å². The molecule has 92 valence electrons. The maximum absolute atomic E-state index is 11.5. The molecule has 0 saturated heterocycles. The van der Waals surface area contributed by atoms with Gasteiger partial charge in [0, 0.05) is 19.4 Å². The molecule has 5 heteroatoms. The lowest BCUT2D eigenvalue weighted by Gasteiger charge is -2.10. The van der Waals surface area contributed by atoms with Gasteiger partial charge in [-0.05, 0) is 25.0 Å². The molecule has 2 rings (SSSR count). The van der Waals surface area contributed by atoms with Crippen molar-refractivity contribution in [2.75, 3.05) is 6.54 Å². The summed E-state index contributed by atoms with van der Waals surface area (Å²) < 4.78 is 5.11. The van der Waals surface area contributed by atoms with Crippen molar-refractivity contribution in [3.05, 3.63) is 24.2 Å². The summed E-state index contributed by atoms with van der Waals surface area (Å²) in [7, 11) is 0. The first-order valence-corrected chi connectivity index (χ1v) is 5.65. The zero-order valence-corrected chi connectivity index (χ0v) is 9.44. The van der Waals surface area contributed by atoms with Gasteiger partial charge in [0.2, 0.25) is 5.91 Å². The Morgan fingerprint density at radius 1 is 1.47 bits per heavy atom. The van der Waals surface area contributed by atoms with Crippen molar-refractivity contribution < 1.29 is 19.1 Å². The fourth-order valence-corrected chi connectivity index (χ4v) is 1.66. The van der Waals surface area contributed by atoms with E-state index in [1.807, 2.05) is 6.07 Å². The molecule has 0 unspecified atom stereocenters. The first-order valence-electron chi connectivity index (χ1n) is 5.65. The van der Waals surface area contributed by atoms with Crippen LogP contribution < -0.4 is 5.32 Å². The van der Waals surface area contributed by atoms with Gasteiger partial charge >= 0.3 is 5.97 Å². The van der Waals surface area contributed by atoms with Crippen LogP contribution in [-0.4, -0.2) is 23.5 Å². The number of hydrogen-bond donors (Lipinski definition) is 2. The van der Waals surface area contributed by atoms with E-state index in [9.17, 15) is 9.59 Å². The molecule has 0 radical (unpaired) electrons. The standard InChI is InChI=1S/C12H15NO4/c14-10(4-3-9-2-1-7-17-9)13-8-12(5-6-12)11(15)16/h1-2,7H,3-6,8H2,(H,13,14)(H,15,16). The molecule has 1 fully saturated rings. The number of rotatable bonds is 6. The summed E-state index contributed by atoms with van der Waals surface area (Å²) in [6, 6.07) is 3.59. The van der Waals surface area contributed by atoms with Gasteiger partial charge in [0.15, 0.2) is 0 Å². The molecule has 1 saturated carbocycles. The van der Waals surface area contributed by atoms with Crippen LogP contribution in [0.3, 0.4) is 0 Å². The fraction of sp³-hybridized carbons (Fsp3) is 0.500. The Morgan fingerprint density at radius 3 is 2.76 bits per heavy atom. The van der Waals surface area contributed by atoms with E-state index in [-0.39, 0.29) is 12.5 Å². The topological polar surface area (TPSA) is 79.5 Å². The number of amides is 1. The molecule has 0 aromatic carbocycles. The molecule has 2 N–H and O–H groups in total. The summed E-state index contributed by atoms with van der Waals surface area (Å²) in [6.45, 7) is 0.235. The normalized spacial score (nSPS) is 16.5. The van der Waals surface area contributed by atoms with E-state index >= 15 is 0 Å². The second kappa shape index (κ2) is 4.61. The van der Waals surface area contributed by atoms with E-state index in [1.165, 1.54) is 0 Å². The number of carboxylic acids is 1. The third-order valence-corrected chi connectivity index (χ3v) is 3.11. The molecular formula is C12H15NO4. The lowest BCUT2D eigenvalue weighted by molar-refractivity contribution is -0.143. The van der Waals surface area contributed by atoms with E-state index in [0.29, 0.717) is 25.7 Å². The van der Waals surface area contributed by atoms with Crippen LogP contribution in [0.4, 0.5) is 0 Å². The first kappa shape index (κ1) is 11.7. The van der Waals surface area contributed by atoms with Crippen molar-refractivity contribution >= 4 is 11.9 Å². The number of nitrogens with one attached hydrogen (secondary N) is 1. The van der Waals surface area contributed by atoms with Crippen LogP contribution in [0.5, 0.6) is 0 Å². The van der Waals surface area contributed by atoms with Crippen LogP contribution in [0.2, 0.25) is 0 Å². The van der Waals surface area contributed by atoms with Gasteiger partial charge in [-0.1, -0.05) is 0 Å². The number of carbonyl (C=O) groups is 2. The van der Waals surface area contributed by atoms with E-state index in [1.54, 1.807) is 12.3 Å². The number of carboxylic acid groups (broad SMARTS) is 1. The van der Waals surface area contributed by atoms with Gasteiger partial charge in [-0.25, -0.2) is 0 Å². The molecular weight excluding hydrogens is 222 g/mol. The van der Waals surface area contributed by atoms with Crippen molar-refractivity contribution in [1.29, 1.82) is 0 Å². The number of carbonyl (C=O) groups excluding carboxylic acids is 1. The van der Waals surface area contributed by atoms with E-state index in [0.717, 1.165) is 5.76 Å². The molecule has 1 aliphatic carbocycles. The number of furan rings is 1. The van der Waals surface area contributed by atoms with Crippen LogP contribution in [0.25, 0.3) is 0 Å². The van der Waals surface area contributed by atoms with E-state index in [2.05, 4.69) is 5.32 Å². The Bertz CT molecular complexity index is 406. The lowest BCUT2D eigenvalue weighted by Crippen LogP contribution is -2.34. The zero-order valence-electron chi connectivity index (χ0n) is 9.44. The van der Waals surface area contributed by atoms with Crippen molar-refractivity contribution in [1.82, 2.24) is 5.32 Å². The quantitative estimate of drug-likeness (QED) is 0.779. The number of aryl methyl sites for hydroxylation is 1. The second-order valence-electron chi connectivity index (χ2n) is 4.44. The Balaban J connectivity index is 1.70. The minimum Gasteiger partial charge on any atom is -0.481 e. The van der Waals surface area contributed by atoms with Crippen molar-refractivity contribution in [3.63, 3.8) is 0 Å². The highest BCUT2D eigenvalue weighted by Gasteiger charge is 2.50. The molecule has 0 bridgehead atoms. The molecule has 0 aliphatic heterocycles. The highest BCUT2D eigenvalue weighted by atomic mass is 16.4. The Hall–Kier alpha value is -1.78. The number of aliphatic carboxylic acids is 1. The number of hydrogen-bond acceptors (Lipinski definition) is 3. The molecule has 0 atom stereocenters. The van der Waals surface area contributed by atoms with E-state index < -0.39 is 11.4 Å². The van der Waals surface area contributed by atoms with Crippen LogP contribution >= 0.6 is 0 Å². The largest absolute Gasteiger partial charge is 0.481 e. The van der Waals surface area contributed by atoms with Crippen molar-refractivity contribution in [2.45, 2.75) is 25.7 Å². The maximum atomic E-state index is 11.5. The third kappa shape index (κ3) is 2.87. The molecule has 1 amide bonds. The summed E-state index contributed by atoms with van der Waals surface area (Å²) in [6.07, 6.45) is 3.74. The molecule has 1 heterocycles. The molecule has 1 aromatic rings. The monoisotopic (exact) mass is 237 g/mol. The average Bonchev–Trinajstić information content (AvgIpc) is 2.93. The summed E-state index contributed by atoms with van der Waals surface area (Å²) >= 11 is 0. The summed E-state index contributed by atoms with van der Waals surface area (Å²) in [5.74, 6) is -0.183. The van der Waals surface area contributed by atoms with Crippen molar-refractivity contribution in [3.8, 4) is 0 Å². The Kier molecular flexibility index (Phi) is 3.17. The Labute approximate surface area is 98.8 Å². The predicted molar refractivity (Wildman–Crippen MR) is 59.3 cm³/mol. The van der Waals surface area contributed by atoms with Gasteiger partial charge in [-0.15, -0.1) is 0 Å². The third-order valence-electron chi connectivity index (χ3n) is 3.11. The van der Waals surface area contributed by atoms with Gasteiger partial charge in [0.05, 0.1) is 11.7 Å². The highest BCUT2D eigenvalue weighted by molar-refractivity contribution is 5.80. The van der Waals surface area contributed by atoms with Crippen molar-refractivity contribution in [2.24, 2.45) is 5.41 Å². The van der Waals surface area contributed by atoms with Gasteiger partial charge in [-0.3, -0.25) is 9.59 Å². The molecule has 1 aliphatic rings. The Morgan fingerprint density at radius 2 is 2.24 bits per heavy atom.